The number of likely N-dealkylation sites (N-methyl/N-ethyl adjacent to an activating group) is 1. The lowest BCUT2D eigenvalue weighted by Gasteiger charge is -2.21. The van der Waals surface area contributed by atoms with Crippen LogP contribution in [0.3, 0.4) is 0 Å². The molecule has 0 aromatic heterocycles. The van der Waals surface area contributed by atoms with Crippen LogP contribution in [0, 0.1) is 0 Å². The van der Waals surface area contributed by atoms with Gasteiger partial charge < -0.3 is 10.0 Å². The average molecular weight is 331 g/mol. The number of amides is 1. The lowest BCUT2D eigenvalue weighted by atomic mass is 9.88. The van der Waals surface area contributed by atoms with Gasteiger partial charge in [0.15, 0.2) is 11.4 Å². The summed E-state index contributed by atoms with van der Waals surface area (Å²) < 4.78 is 0. The number of Topliss-reactive ketones (excluding diaryl/α,β-unsaturated/α-hetero) is 1. The van der Waals surface area contributed by atoms with Crippen molar-refractivity contribution in [3.05, 3.63) is 77.9 Å². The van der Waals surface area contributed by atoms with E-state index in [4.69, 9.17) is 0 Å². The molecule has 1 atom stereocenters. The molecule has 4 heteroatoms. The number of carbonyl (C=O) groups excluding carboxylic acids is 2. The molecule has 1 aliphatic heterocycles. The minimum absolute atomic E-state index is 0.258. The Morgan fingerprint density at radius 2 is 1.68 bits per heavy atom. The largest absolute Gasteiger partial charge is 0.375 e. The van der Waals surface area contributed by atoms with E-state index < -0.39 is 11.5 Å². The summed E-state index contributed by atoms with van der Waals surface area (Å²) in [5.74, 6) is -0.727. The van der Waals surface area contributed by atoms with Gasteiger partial charge in [0.05, 0.1) is 12.1 Å². The third kappa shape index (κ3) is 2.34. The molecular formula is C21H17NO3. The van der Waals surface area contributed by atoms with Crippen LogP contribution in [0.5, 0.6) is 0 Å². The van der Waals surface area contributed by atoms with Crippen LogP contribution in [0.2, 0.25) is 0 Å². The number of para-hydroxylation sites is 1. The summed E-state index contributed by atoms with van der Waals surface area (Å²) in [4.78, 5) is 26.8. The lowest BCUT2D eigenvalue weighted by Crippen LogP contribution is -2.40. The Bertz CT molecular complexity index is 1010. The van der Waals surface area contributed by atoms with Crippen molar-refractivity contribution in [1.29, 1.82) is 0 Å². The summed E-state index contributed by atoms with van der Waals surface area (Å²) in [5, 5.41) is 13.0. The molecule has 3 aromatic rings. The first-order valence-electron chi connectivity index (χ1n) is 8.13. The number of fused-ring (bicyclic) bond motifs is 2. The van der Waals surface area contributed by atoms with Gasteiger partial charge in [-0.3, -0.25) is 9.59 Å². The molecule has 0 bridgehead atoms. The summed E-state index contributed by atoms with van der Waals surface area (Å²) in [5.41, 5.74) is -0.196. The monoisotopic (exact) mass is 331 g/mol. The van der Waals surface area contributed by atoms with Gasteiger partial charge in [-0.25, -0.2) is 0 Å². The summed E-state index contributed by atoms with van der Waals surface area (Å²) in [7, 11) is 1.61. The number of hydrogen-bond donors (Lipinski definition) is 1. The fourth-order valence-electron chi connectivity index (χ4n) is 3.49. The molecule has 1 amide bonds. The highest BCUT2D eigenvalue weighted by Crippen LogP contribution is 2.42. The zero-order valence-electron chi connectivity index (χ0n) is 13.8. The summed E-state index contributed by atoms with van der Waals surface area (Å²) in [6.07, 6.45) is -0.272. The van der Waals surface area contributed by atoms with Crippen molar-refractivity contribution in [2.45, 2.75) is 12.0 Å². The Labute approximate surface area is 145 Å². The van der Waals surface area contributed by atoms with Gasteiger partial charge in [-0.15, -0.1) is 0 Å². The molecule has 0 spiro atoms. The van der Waals surface area contributed by atoms with E-state index in [1.807, 2.05) is 30.3 Å². The average Bonchev–Trinajstić information content (AvgIpc) is 2.83. The second kappa shape index (κ2) is 5.53. The maximum atomic E-state index is 12.8. The Morgan fingerprint density at radius 3 is 2.48 bits per heavy atom. The van der Waals surface area contributed by atoms with Crippen LogP contribution in [0.15, 0.2) is 66.7 Å². The second-order valence-electron chi connectivity index (χ2n) is 6.40. The van der Waals surface area contributed by atoms with E-state index in [1.54, 1.807) is 43.4 Å². The summed E-state index contributed by atoms with van der Waals surface area (Å²) >= 11 is 0. The van der Waals surface area contributed by atoms with E-state index in [0.717, 1.165) is 10.8 Å². The van der Waals surface area contributed by atoms with Crippen molar-refractivity contribution < 1.29 is 14.7 Å². The zero-order chi connectivity index (χ0) is 17.6. The van der Waals surface area contributed by atoms with Crippen molar-refractivity contribution >= 4 is 28.2 Å². The Hall–Kier alpha value is -2.98. The number of rotatable bonds is 3. The van der Waals surface area contributed by atoms with Crippen LogP contribution in [-0.4, -0.2) is 23.8 Å². The van der Waals surface area contributed by atoms with E-state index in [2.05, 4.69) is 0 Å². The van der Waals surface area contributed by atoms with Gasteiger partial charge in [-0.2, -0.15) is 0 Å². The fraction of sp³-hybridized carbons (Fsp3) is 0.143. The molecule has 1 N–H and O–H groups in total. The minimum Gasteiger partial charge on any atom is -0.375 e. The van der Waals surface area contributed by atoms with Gasteiger partial charge in [-0.05, 0) is 22.9 Å². The number of carbonyl (C=O) groups is 2. The van der Waals surface area contributed by atoms with Crippen molar-refractivity contribution in [1.82, 2.24) is 0 Å². The van der Waals surface area contributed by atoms with Crippen LogP contribution < -0.4 is 4.90 Å². The van der Waals surface area contributed by atoms with Crippen molar-refractivity contribution in [2.75, 3.05) is 11.9 Å². The molecule has 0 unspecified atom stereocenters. The summed E-state index contributed by atoms with van der Waals surface area (Å²) in [6.45, 7) is 0. The maximum Gasteiger partial charge on any atom is 0.263 e. The van der Waals surface area contributed by atoms with Crippen molar-refractivity contribution in [3.8, 4) is 0 Å². The topological polar surface area (TPSA) is 57.6 Å². The Morgan fingerprint density at radius 1 is 1.00 bits per heavy atom. The number of hydrogen-bond acceptors (Lipinski definition) is 3. The van der Waals surface area contributed by atoms with Crippen LogP contribution >= 0.6 is 0 Å². The first kappa shape index (κ1) is 15.5. The molecule has 4 nitrogen and oxygen atoms in total. The van der Waals surface area contributed by atoms with E-state index in [1.165, 1.54) is 4.90 Å². The van der Waals surface area contributed by atoms with E-state index >= 15 is 0 Å². The zero-order valence-corrected chi connectivity index (χ0v) is 13.8. The molecule has 0 fully saturated rings. The molecule has 25 heavy (non-hydrogen) atoms. The van der Waals surface area contributed by atoms with Crippen molar-refractivity contribution in [3.63, 3.8) is 0 Å². The number of nitrogens with zero attached hydrogens (tertiary/aromatic N) is 1. The predicted molar refractivity (Wildman–Crippen MR) is 96.6 cm³/mol. The van der Waals surface area contributed by atoms with Gasteiger partial charge in [0.1, 0.15) is 0 Å². The highest BCUT2D eigenvalue weighted by molar-refractivity contribution is 6.11. The van der Waals surface area contributed by atoms with Gasteiger partial charge in [0.2, 0.25) is 0 Å². The van der Waals surface area contributed by atoms with E-state index in [0.29, 0.717) is 16.8 Å². The van der Waals surface area contributed by atoms with Gasteiger partial charge >= 0.3 is 0 Å². The third-order valence-corrected chi connectivity index (χ3v) is 4.86. The van der Waals surface area contributed by atoms with Crippen LogP contribution in [-0.2, 0) is 10.4 Å². The predicted octanol–water partition coefficient (Wildman–Crippen LogP) is 3.28. The van der Waals surface area contributed by atoms with Gasteiger partial charge in [0, 0.05) is 18.2 Å². The molecule has 4 rings (SSSR count). The first-order chi connectivity index (χ1) is 12.0. The molecule has 1 aliphatic rings. The molecule has 0 saturated heterocycles. The fourth-order valence-corrected chi connectivity index (χ4v) is 3.49. The van der Waals surface area contributed by atoms with E-state index in [9.17, 15) is 14.7 Å². The SMILES string of the molecule is CN1C(=O)[C@](O)(CC(=O)c2ccc3ccccc3c2)c2ccccc21. The quantitative estimate of drug-likeness (QED) is 0.749. The Balaban J connectivity index is 1.71. The number of anilines is 1. The number of aliphatic hydroxyl groups is 1. The third-order valence-electron chi connectivity index (χ3n) is 4.86. The van der Waals surface area contributed by atoms with Crippen molar-refractivity contribution in [2.24, 2.45) is 0 Å². The highest BCUT2D eigenvalue weighted by atomic mass is 16.3. The van der Waals surface area contributed by atoms with Crippen LogP contribution in [0.4, 0.5) is 5.69 Å². The molecule has 0 aliphatic carbocycles. The second-order valence-corrected chi connectivity index (χ2v) is 6.40. The lowest BCUT2D eigenvalue weighted by molar-refractivity contribution is -0.135. The Kier molecular flexibility index (Phi) is 3.44. The van der Waals surface area contributed by atoms with Crippen LogP contribution in [0.25, 0.3) is 10.8 Å². The first-order valence-corrected chi connectivity index (χ1v) is 8.13. The minimum atomic E-state index is -1.81. The van der Waals surface area contributed by atoms with E-state index in [-0.39, 0.29) is 12.2 Å². The highest BCUT2D eigenvalue weighted by Gasteiger charge is 2.49. The normalized spacial score (nSPS) is 19.3. The molecule has 1 heterocycles. The van der Waals surface area contributed by atoms with Crippen LogP contribution in [0.1, 0.15) is 22.3 Å². The van der Waals surface area contributed by atoms with Gasteiger partial charge in [0.25, 0.3) is 5.91 Å². The molecule has 0 radical (unpaired) electrons. The maximum absolute atomic E-state index is 12.8. The smallest absolute Gasteiger partial charge is 0.263 e. The standard InChI is InChI=1S/C21H17NO3/c1-22-18-9-5-4-8-17(18)21(25,20(22)24)13-19(23)16-11-10-14-6-2-3-7-15(14)12-16/h2-12,25H,13H2,1H3/t21-/m0/s1. The summed E-state index contributed by atoms with van der Waals surface area (Å²) in [6, 6.07) is 20.2. The number of ketones is 1. The molecule has 124 valence electrons. The molecular weight excluding hydrogens is 314 g/mol. The van der Waals surface area contributed by atoms with Gasteiger partial charge in [-0.1, -0.05) is 54.6 Å². The molecule has 3 aromatic carbocycles. The molecule has 0 saturated carbocycles. The number of benzene rings is 3.